The van der Waals surface area contributed by atoms with Crippen LogP contribution in [0, 0.1) is 0 Å². The van der Waals surface area contributed by atoms with E-state index in [0.29, 0.717) is 38.7 Å². The van der Waals surface area contributed by atoms with Gasteiger partial charge < -0.3 is 18.4 Å². The van der Waals surface area contributed by atoms with Crippen LogP contribution in [0.1, 0.15) is 22.8 Å². The normalized spacial score (nSPS) is 11.2. The summed E-state index contributed by atoms with van der Waals surface area (Å²) in [5.41, 5.74) is 3.24. The molecule has 0 bridgehead atoms. The van der Waals surface area contributed by atoms with E-state index in [0.717, 1.165) is 0 Å². The summed E-state index contributed by atoms with van der Waals surface area (Å²) < 4.78 is 47.6. The second-order valence-corrected chi connectivity index (χ2v) is 10.3. The van der Waals surface area contributed by atoms with E-state index < -0.39 is 16.0 Å². The lowest BCUT2D eigenvalue weighted by atomic mass is 10.2. The summed E-state index contributed by atoms with van der Waals surface area (Å²) in [6.45, 7) is 5.88. The zero-order valence-corrected chi connectivity index (χ0v) is 23.6. The van der Waals surface area contributed by atoms with Crippen LogP contribution in [-0.2, 0) is 10.1 Å². The molecule has 3 aromatic carbocycles. The first-order chi connectivity index (χ1) is 18.2. The molecule has 9 nitrogen and oxygen atoms in total. The second-order valence-electron chi connectivity index (χ2n) is 7.42. The Kier molecular flexibility index (Phi) is 10.2. The summed E-state index contributed by atoms with van der Waals surface area (Å²) in [7, 11) is -2.69. The molecule has 0 saturated heterocycles. The zero-order valence-electron chi connectivity index (χ0n) is 20.4. The highest BCUT2D eigenvalue weighted by molar-refractivity contribution is 9.10. The Hall–Kier alpha value is -3.54. The lowest BCUT2D eigenvalue weighted by molar-refractivity contribution is 0.0954. The SMILES string of the molecule is C=CCOc1ccc(C(=O)N/N=C/c2cc(Br)c(OS(=O)(=O)c3ccc(Cl)cc3)c(OCC)c2)cc1OC. The summed E-state index contributed by atoms with van der Waals surface area (Å²) in [6.07, 6.45) is 2.97. The van der Waals surface area contributed by atoms with E-state index in [9.17, 15) is 13.2 Å². The van der Waals surface area contributed by atoms with Gasteiger partial charge in [0.15, 0.2) is 23.0 Å². The first-order valence-corrected chi connectivity index (χ1v) is 13.7. The minimum Gasteiger partial charge on any atom is -0.493 e. The highest BCUT2D eigenvalue weighted by Gasteiger charge is 2.22. The van der Waals surface area contributed by atoms with E-state index in [1.807, 2.05) is 0 Å². The summed E-state index contributed by atoms with van der Waals surface area (Å²) in [4.78, 5) is 12.5. The first kappa shape index (κ1) is 29.0. The Morgan fingerprint density at radius 1 is 1.08 bits per heavy atom. The van der Waals surface area contributed by atoms with Gasteiger partial charge in [0.25, 0.3) is 5.91 Å². The molecule has 0 aliphatic rings. The van der Waals surface area contributed by atoms with Gasteiger partial charge in [0.2, 0.25) is 0 Å². The summed E-state index contributed by atoms with van der Waals surface area (Å²) >= 11 is 9.18. The van der Waals surface area contributed by atoms with Crippen molar-refractivity contribution in [3.05, 3.63) is 87.9 Å². The number of methoxy groups -OCH3 is 1. The molecule has 200 valence electrons. The molecular weight excluding hydrogens is 600 g/mol. The van der Waals surface area contributed by atoms with Crippen LogP contribution in [0.3, 0.4) is 0 Å². The summed E-state index contributed by atoms with van der Waals surface area (Å²) in [6, 6.07) is 13.4. The van der Waals surface area contributed by atoms with Gasteiger partial charge in [-0.25, -0.2) is 5.43 Å². The van der Waals surface area contributed by atoms with E-state index in [1.165, 1.54) is 49.7 Å². The Labute approximate surface area is 234 Å². The number of rotatable bonds is 12. The van der Waals surface area contributed by atoms with Crippen molar-refractivity contribution in [2.24, 2.45) is 5.10 Å². The molecule has 0 aliphatic carbocycles. The van der Waals surface area contributed by atoms with Crippen LogP contribution in [0.25, 0.3) is 0 Å². The number of hydrazone groups is 1. The van der Waals surface area contributed by atoms with Crippen LogP contribution in [-0.4, -0.2) is 40.9 Å². The van der Waals surface area contributed by atoms with E-state index in [4.69, 9.17) is 30.0 Å². The van der Waals surface area contributed by atoms with Crippen LogP contribution in [0.15, 0.2) is 81.7 Å². The largest absolute Gasteiger partial charge is 0.493 e. The topological polar surface area (TPSA) is 113 Å². The fourth-order valence-corrected chi connectivity index (χ4v) is 4.80. The third kappa shape index (κ3) is 7.50. The number of ether oxygens (including phenoxy) is 3. The highest BCUT2D eigenvalue weighted by Crippen LogP contribution is 2.38. The van der Waals surface area contributed by atoms with E-state index >= 15 is 0 Å². The maximum atomic E-state index is 12.8. The van der Waals surface area contributed by atoms with Gasteiger partial charge >= 0.3 is 10.1 Å². The van der Waals surface area contributed by atoms with Crippen molar-refractivity contribution in [2.75, 3.05) is 20.3 Å². The molecule has 0 atom stereocenters. The predicted molar refractivity (Wildman–Crippen MR) is 148 cm³/mol. The summed E-state index contributed by atoms with van der Waals surface area (Å²) in [5.74, 6) is 0.507. The van der Waals surface area contributed by atoms with Gasteiger partial charge in [-0.1, -0.05) is 24.3 Å². The smallest absolute Gasteiger partial charge is 0.339 e. The van der Waals surface area contributed by atoms with E-state index in [1.54, 1.807) is 31.2 Å². The molecular formula is C26H24BrClN2O7S. The fourth-order valence-electron chi connectivity index (χ4n) is 3.07. The fraction of sp³-hybridized carbons (Fsp3) is 0.154. The number of carbonyl (C=O) groups is 1. The van der Waals surface area contributed by atoms with Gasteiger partial charge in [-0.15, -0.1) is 0 Å². The molecule has 0 saturated carbocycles. The van der Waals surface area contributed by atoms with Crippen LogP contribution < -0.4 is 23.8 Å². The van der Waals surface area contributed by atoms with Crippen LogP contribution >= 0.6 is 27.5 Å². The number of hydrogen-bond donors (Lipinski definition) is 1. The molecule has 0 unspecified atom stereocenters. The van der Waals surface area contributed by atoms with Crippen molar-refractivity contribution in [1.29, 1.82) is 0 Å². The van der Waals surface area contributed by atoms with Gasteiger partial charge in [-0.05, 0) is 83.0 Å². The molecule has 3 rings (SSSR count). The van der Waals surface area contributed by atoms with Crippen molar-refractivity contribution >= 4 is 49.8 Å². The number of hydrogen-bond acceptors (Lipinski definition) is 8. The number of carbonyl (C=O) groups excluding carboxylic acids is 1. The van der Waals surface area contributed by atoms with E-state index in [2.05, 4.69) is 33.0 Å². The minimum atomic E-state index is -4.16. The van der Waals surface area contributed by atoms with Crippen molar-refractivity contribution in [2.45, 2.75) is 11.8 Å². The van der Waals surface area contributed by atoms with Gasteiger partial charge in [0.05, 0.1) is 24.4 Å². The molecule has 38 heavy (non-hydrogen) atoms. The Balaban J connectivity index is 1.78. The lowest BCUT2D eigenvalue weighted by Gasteiger charge is -2.14. The van der Waals surface area contributed by atoms with Gasteiger partial charge in [-0.3, -0.25) is 4.79 Å². The molecule has 1 N–H and O–H groups in total. The lowest BCUT2D eigenvalue weighted by Crippen LogP contribution is -2.17. The molecule has 0 fully saturated rings. The van der Waals surface area contributed by atoms with Crippen LogP contribution in [0.5, 0.6) is 23.0 Å². The Bertz CT molecular complexity index is 1440. The summed E-state index contributed by atoms with van der Waals surface area (Å²) in [5, 5.41) is 4.38. The number of benzene rings is 3. The molecule has 1 amide bonds. The number of amides is 1. The third-order valence-corrected chi connectivity index (χ3v) is 6.87. The molecule has 0 heterocycles. The third-order valence-electron chi connectivity index (χ3n) is 4.79. The minimum absolute atomic E-state index is 0.0335. The molecule has 0 spiro atoms. The highest BCUT2D eigenvalue weighted by atomic mass is 79.9. The quantitative estimate of drug-likeness (QED) is 0.121. The molecule has 0 aliphatic heterocycles. The zero-order chi connectivity index (χ0) is 27.7. The van der Waals surface area contributed by atoms with Crippen molar-refractivity contribution < 1.29 is 31.6 Å². The predicted octanol–water partition coefficient (Wildman–Crippen LogP) is 5.61. The second kappa shape index (κ2) is 13.3. The van der Waals surface area contributed by atoms with Crippen LogP contribution in [0.2, 0.25) is 5.02 Å². The van der Waals surface area contributed by atoms with Crippen LogP contribution in [0.4, 0.5) is 0 Å². The number of nitrogens with one attached hydrogen (secondary N) is 1. The molecule has 0 aromatic heterocycles. The maximum Gasteiger partial charge on any atom is 0.339 e. The van der Waals surface area contributed by atoms with Crippen molar-refractivity contribution in [3.63, 3.8) is 0 Å². The Morgan fingerprint density at radius 3 is 2.47 bits per heavy atom. The number of nitrogens with zero attached hydrogens (tertiary/aromatic N) is 1. The molecule has 0 radical (unpaired) electrons. The Morgan fingerprint density at radius 2 is 1.82 bits per heavy atom. The average molecular weight is 624 g/mol. The van der Waals surface area contributed by atoms with Gasteiger partial charge in [0, 0.05) is 10.6 Å². The van der Waals surface area contributed by atoms with Crippen molar-refractivity contribution in [1.82, 2.24) is 5.43 Å². The average Bonchev–Trinajstić information content (AvgIpc) is 2.89. The molecule has 12 heteroatoms. The standard InChI is InChI=1S/C26H24BrClN2O7S/c1-4-12-36-22-11-6-18(15-23(22)34-3)26(31)30-29-16-17-13-21(27)25(24(14-17)35-5-2)37-38(32,33)20-9-7-19(28)8-10-20/h4,6-11,13-16H,1,5,12H2,2-3H3,(H,30,31)/b29-16+. The van der Waals surface area contributed by atoms with Gasteiger partial charge in [-0.2, -0.15) is 13.5 Å². The monoisotopic (exact) mass is 622 g/mol. The van der Waals surface area contributed by atoms with Crippen molar-refractivity contribution in [3.8, 4) is 23.0 Å². The number of halogens is 2. The maximum absolute atomic E-state index is 12.8. The first-order valence-electron chi connectivity index (χ1n) is 11.1. The van der Waals surface area contributed by atoms with Gasteiger partial charge in [0.1, 0.15) is 11.5 Å². The van der Waals surface area contributed by atoms with E-state index in [-0.39, 0.29) is 23.0 Å². The molecule has 3 aromatic rings.